The molecule has 3 N–H and O–H groups in total. The first-order chi connectivity index (χ1) is 14.6. The van der Waals surface area contributed by atoms with Gasteiger partial charge in [-0.1, -0.05) is 70.4 Å². The molecule has 0 spiro atoms. The second kappa shape index (κ2) is 26.5. The van der Waals surface area contributed by atoms with Crippen molar-refractivity contribution in [1.29, 1.82) is 0 Å². The van der Waals surface area contributed by atoms with Crippen LogP contribution in [0.2, 0.25) is 0 Å². The summed E-state index contributed by atoms with van der Waals surface area (Å²) in [5.74, 6) is -0.907. The molecule has 0 aromatic heterocycles. The fraction of sp³-hybridized carbons (Fsp3) is 0.833. The van der Waals surface area contributed by atoms with Crippen molar-refractivity contribution >= 4 is 63.3 Å². The number of carbonyl (C=O) groups is 2. The second-order valence-corrected chi connectivity index (χ2v) is 8.08. The number of allylic oxidation sites excluding steroid dienone is 2. The van der Waals surface area contributed by atoms with Crippen LogP contribution >= 0.6 is 0 Å². The van der Waals surface area contributed by atoms with Gasteiger partial charge in [0.25, 0.3) is 0 Å². The van der Waals surface area contributed by atoms with Crippen LogP contribution in [0.5, 0.6) is 0 Å². The Labute approximate surface area is 233 Å². The molecule has 0 saturated carbocycles. The van der Waals surface area contributed by atoms with Gasteiger partial charge in [-0.25, -0.2) is 0 Å². The van der Waals surface area contributed by atoms with Crippen LogP contribution in [-0.4, -0.2) is 111 Å². The summed E-state index contributed by atoms with van der Waals surface area (Å²) in [4.78, 5) is 24.2. The zero-order valence-corrected chi connectivity index (χ0v) is 19.2. The van der Waals surface area contributed by atoms with Crippen molar-refractivity contribution < 1.29 is 19.8 Å². The second-order valence-electron chi connectivity index (χ2n) is 8.08. The quantitative estimate of drug-likeness (QED) is 0.128. The standard InChI is InChI=1S/C24H46N2O4.K.H/c1-2-3-4-5-6-7-8-9-10-11-12-13-14-15-16-17-23(28)25-18-19-26(20-21-27)22-24(29)30;;/h9-10,27H,2-8,11-22H2,1H3,(H,25,28)(H,29,30);;/b10-9-;;. The molecule has 0 aromatic rings. The molecule has 0 radical (unpaired) electrons. The molecule has 0 fully saturated rings. The number of carbonyl (C=O) groups excluding carboxylic acids is 1. The number of aliphatic carboxylic acids is 1. The van der Waals surface area contributed by atoms with E-state index < -0.39 is 5.97 Å². The van der Waals surface area contributed by atoms with E-state index in [1.54, 1.807) is 4.90 Å². The van der Waals surface area contributed by atoms with Gasteiger partial charge in [-0.05, 0) is 32.1 Å². The van der Waals surface area contributed by atoms with Gasteiger partial charge in [-0.15, -0.1) is 0 Å². The van der Waals surface area contributed by atoms with Gasteiger partial charge in [-0.3, -0.25) is 14.5 Å². The van der Waals surface area contributed by atoms with Crippen molar-refractivity contribution in [3.8, 4) is 0 Å². The van der Waals surface area contributed by atoms with E-state index in [2.05, 4.69) is 24.4 Å². The molecule has 0 atom stereocenters. The Morgan fingerprint density at radius 2 is 1.39 bits per heavy atom. The minimum absolute atomic E-state index is 0. The SMILES string of the molecule is CCCCCCCC/C=C\CCCCCCCC(=O)NCCN(CCO)CC(=O)O.[KH]. The number of aliphatic hydroxyl groups excluding tert-OH is 1. The van der Waals surface area contributed by atoms with Gasteiger partial charge < -0.3 is 15.5 Å². The van der Waals surface area contributed by atoms with Crippen LogP contribution in [0, 0.1) is 0 Å². The molecule has 0 aliphatic rings. The number of hydrogen-bond donors (Lipinski definition) is 3. The van der Waals surface area contributed by atoms with Gasteiger partial charge in [0.2, 0.25) is 5.91 Å². The number of carboxylic acids is 1. The molecule has 0 heterocycles. The molecule has 0 rings (SSSR count). The summed E-state index contributed by atoms with van der Waals surface area (Å²) in [5.41, 5.74) is 0. The van der Waals surface area contributed by atoms with Crippen LogP contribution in [0.15, 0.2) is 12.2 Å². The molecular weight excluding hydrogens is 419 g/mol. The molecule has 0 bridgehead atoms. The predicted molar refractivity (Wildman–Crippen MR) is 131 cm³/mol. The van der Waals surface area contributed by atoms with Crippen LogP contribution in [0.1, 0.15) is 96.8 Å². The summed E-state index contributed by atoms with van der Waals surface area (Å²) in [6.45, 7) is 3.20. The fourth-order valence-electron chi connectivity index (χ4n) is 3.40. The monoisotopic (exact) mass is 466 g/mol. The maximum atomic E-state index is 11.8. The van der Waals surface area contributed by atoms with Gasteiger partial charge in [-0.2, -0.15) is 0 Å². The molecule has 6 nitrogen and oxygen atoms in total. The van der Waals surface area contributed by atoms with Crippen molar-refractivity contribution in [1.82, 2.24) is 10.2 Å². The third kappa shape index (κ3) is 26.4. The number of rotatable bonds is 22. The normalized spacial score (nSPS) is 11.1. The van der Waals surface area contributed by atoms with Crippen LogP contribution in [-0.2, 0) is 9.59 Å². The number of nitrogens with one attached hydrogen (secondary N) is 1. The van der Waals surface area contributed by atoms with Crippen LogP contribution < -0.4 is 5.32 Å². The number of hydrogen-bond acceptors (Lipinski definition) is 4. The Bertz CT molecular complexity index is 447. The summed E-state index contributed by atoms with van der Waals surface area (Å²) >= 11 is 0. The Hall–Kier alpha value is 0.236. The summed E-state index contributed by atoms with van der Waals surface area (Å²) in [6, 6.07) is 0. The number of carboxylic acid groups (broad SMARTS) is 1. The summed E-state index contributed by atoms with van der Waals surface area (Å²) in [6.07, 6.45) is 21.3. The van der Waals surface area contributed by atoms with Crippen molar-refractivity contribution in [3.63, 3.8) is 0 Å². The Balaban J connectivity index is 0. The van der Waals surface area contributed by atoms with Gasteiger partial charge in [0, 0.05) is 26.1 Å². The van der Waals surface area contributed by atoms with E-state index in [9.17, 15) is 9.59 Å². The topological polar surface area (TPSA) is 89.9 Å². The van der Waals surface area contributed by atoms with E-state index in [-0.39, 0.29) is 70.4 Å². The predicted octanol–water partition coefficient (Wildman–Crippen LogP) is 3.87. The van der Waals surface area contributed by atoms with E-state index in [4.69, 9.17) is 10.2 Å². The van der Waals surface area contributed by atoms with E-state index in [0.717, 1.165) is 19.3 Å². The van der Waals surface area contributed by atoms with Crippen molar-refractivity contribution in [2.24, 2.45) is 0 Å². The zero-order chi connectivity index (χ0) is 22.3. The third-order valence-electron chi connectivity index (χ3n) is 5.19. The fourth-order valence-corrected chi connectivity index (χ4v) is 3.40. The molecule has 1 amide bonds. The van der Waals surface area contributed by atoms with E-state index in [0.29, 0.717) is 26.1 Å². The van der Waals surface area contributed by atoms with Crippen LogP contribution in [0.25, 0.3) is 0 Å². The number of nitrogens with zero attached hydrogens (tertiary/aromatic N) is 1. The first-order valence-electron chi connectivity index (χ1n) is 12.1. The van der Waals surface area contributed by atoms with Gasteiger partial charge in [0.15, 0.2) is 0 Å². The van der Waals surface area contributed by atoms with E-state index in [1.165, 1.54) is 64.2 Å². The summed E-state index contributed by atoms with van der Waals surface area (Å²) < 4.78 is 0. The molecule has 0 aliphatic carbocycles. The zero-order valence-electron chi connectivity index (χ0n) is 19.2. The average molecular weight is 467 g/mol. The first-order valence-corrected chi connectivity index (χ1v) is 12.1. The maximum absolute atomic E-state index is 11.8. The Morgan fingerprint density at radius 3 is 1.94 bits per heavy atom. The molecule has 31 heavy (non-hydrogen) atoms. The number of aliphatic hydroxyl groups is 1. The molecule has 7 heteroatoms. The summed E-state index contributed by atoms with van der Waals surface area (Å²) in [7, 11) is 0. The van der Waals surface area contributed by atoms with Gasteiger partial charge in [0.05, 0.1) is 13.2 Å². The molecule has 0 unspecified atom stereocenters. The number of unbranched alkanes of at least 4 members (excludes halogenated alkanes) is 11. The first kappa shape index (κ1) is 33.4. The average Bonchev–Trinajstić information content (AvgIpc) is 2.70. The van der Waals surface area contributed by atoms with E-state index >= 15 is 0 Å². The third-order valence-corrected chi connectivity index (χ3v) is 5.19. The van der Waals surface area contributed by atoms with Crippen molar-refractivity contribution in [3.05, 3.63) is 12.2 Å². The van der Waals surface area contributed by atoms with Crippen molar-refractivity contribution in [2.75, 3.05) is 32.8 Å². The summed E-state index contributed by atoms with van der Waals surface area (Å²) in [5, 5.41) is 20.6. The van der Waals surface area contributed by atoms with Gasteiger partial charge >= 0.3 is 57.4 Å². The van der Waals surface area contributed by atoms with Gasteiger partial charge in [0.1, 0.15) is 0 Å². The molecule has 0 saturated heterocycles. The molecule has 178 valence electrons. The van der Waals surface area contributed by atoms with Crippen LogP contribution in [0.4, 0.5) is 0 Å². The molecule has 0 aliphatic heterocycles. The Morgan fingerprint density at radius 1 is 0.839 bits per heavy atom. The number of amides is 1. The Kier molecular flexibility index (Phi) is 28.5. The molecular formula is C24H47KN2O4. The van der Waals surface area contributed by atoms with E-state index in [1.807, 2.05) is 0 Å². The minimum atomic E-state index is -0.928. The van der Waals surface area contributed by atoms with Crippen molar-refractivity contribution in [2.45, 2.75) is 96.8 Å². The molecule has 0 aromatic carbocycles. The van der Waals surface area contributed by atoms with Crippen LogP contribution in [0.3, 0.4) is 0 Å².